The fourth-order valence-electron chi connectivity index (χ4n) is 4.67. The number of amides is 1. The minimum Gasteiger partial charge on any atom is -0.381 e. The van der Waals surface area contributed by atoms with Gasteiger partial charge in [-0.25, -0.2) is 0 Å². The first kappa shape index (κ1) is 27.4. The van der Waals surface area contributed by atoms with Gasteiger partial charge in [0, 0.05) is 38.3 Å². The summed E-state index contributed by atoms with van der Waals surface area (Å²) in [6.45, 7) is 2.12. The molecule has 0 aromatic heterocycles. The molecule has 5 nitrogen and oxygen atoms in total. The Balaban J connectivity index is 1.46. The SMILES string of the molecule is NC1(C(=O)N2CCC(CCCCC(=O)c3cc(C(F)(F)F)cc(C(F)(F)F)c3)CC2)CCOCC1. The number of hydrogen-bond acceptors (Lipinski definition) is 4. The van der Waals surface area contributed by atoms with E-state index < -0.39 is 40.4 Å². The molecule has 0 aliphatic carbocycles. The summed E-state index contributed by atoms with van der Waals surface area (Å²) in [5.74, 6) is -0.459. The summed E-state index contributed by atoms with van der Waals surface area (Å²) in [5.41, 5.74) is 1.85. The average molecular weight is 509 g/mol. The van der Waals surface area contributed by atoms with Gasteiger partial charge in [0.2, 0.25) is 5.91 Å². The van der Waals surface area contributed by atoms with E-state index in [1.807, 2.05) is 0 Å². The molecule has 2 aliphatic rings. The number of halogens is 6. The molecule has 35 heavy (non-hydrogen) atoms. The molecule has 1 amide bonds. The molecule has 3 rings (SSSR count). The third-order valence-corrected chi connectivity index (χ3v) is 6.89. The van der Waals surface area contributed by atoms with Gasteiger partial charge in [-0.1, -0.05) is 12.8 Å². The van der Waals surface area contributed by atoms with Crippen molar-refractivity contribution in [1.29, 1.82) is 0 Å². The lowest BCUT2D eigenvalue weighted by molar-refractivity contribution is -0.143. The number of carbonyl (C=O) groups excluding carboxylic acids is 2. The Bertz CT molecular complexity index is 869. The molecule has 196 valence electrons. The van der Waals surface area contributed by atoms with Gasteiger partial charge in [0.05, 0.1) is 16.7 Å². The Morgan fingerprint density at radius 1 is 0.943 bits per heavy atom. The van der Waals surface area contributed by atoms with Crippen LogP contribution in [0.5, 0.6) is 0 Å². The maximum atomic E-state index is 13.0. The second-order valence-electron chi connectivity index (χ2n) is 9.47. The standard InChI is InChI=1S/C24H30F6N2O3/c25-23(26,27)18-13-17(14-19(15-18)24(28,29)30)20(33)4-2-1-3-16-5-9-32(10-6-16)21(34)22(31)7-11-35-12-8-22/h13-16H,1-12,31H2. The van der Waals surface area contributed by atoms with E-state index in [0.717, 1.165) is 19.3 Å². The van der Waals surface area contributed by atoms with E-state index in [2.05, 4.69) is 0 Å². The molecule has 0 spiro atoms. The lowest BCUT2D eigenvalue weighted by atomic mass is 9.86. The van der Waals surface area contributed by atoms with Crippen LogP contribution < -0.4 is 5.73 Å². The summed E-state index contributed by atoms with van der Waals surface area (Å²) >= 11 is 0. The van der Waals surface area contributed by atoms with Crippen LogP contribution in [0.4, 0.5) is 26.3 Å². The summed E-state index contributed by atoms with van der Waals surface area (Å²) in [4.78, 5) is 26.9. The molecule has 0 bridgehead atoms. The van der Waals surface area contributed by atoms with Crippen LogP contribution in [0.1, 0.15) is 72.9 Å². The number of likely N-dealkylation sites (tertiary alicyclic amines) is 1. The van der Waals surface area contributed by atoms with Gasteiger partial charge in [-0.15, -0.1) is 0 Å². The predicted molar refractivity (Wildman–Crippen MR) is 116 cm³/mol. The smallest absolute Gasteiger partial charge is 0.381 e. The van der Waals surface area contributed by atoms with E-state index in [9.17, 15) is 35.9 Å². The number of nitrogens with two attached hydrogens (primary N) is 1. The second-order valence-corrected chi connectivity index (χ2v) is 9.47. The number of hydrogen-bond donors (Lipinski definition) is 1. The highest BCUT2D eigenvalue weighted by atomic mass is 19.4. The highest BCUT2D eigenvalue weighted by Crippen LogP contribution is 2.36. The van der Waals surface area contributed by atoms with Crippen molar-refractivity contribution in [3.63, 3.8) is 0 Å². The molecule has 2 fully saturated rings. The molecule has 0 radical (unpaired) electrons. The summed E-state index contributed by atoms with van der Waals surface area (Å²) in [6.07, 6.45) is -5.78. The highest BCUT2D eigenvalue weighted by molar-refractivity contribution is 5.96. The van der Waals surface area contributed by atoms with Gasteiger partial charge in [-0.05, 0) is 56.2 Å². The maximum Gasteiger partial charge on any atom is 0.416 e. The largest absolute Gasteiger partial charge is 0.416 e. The molecular weight excluding hydrogens is 478 g/mol. The Morgan fingerprint density at radius 3 is 2.00 bits per heavy atom. The number of nitrogens with zero attached hydrogens (tertiary/aromatic N) is 1. The fourth-order valence-corrected chi connectivity index (χ4v) is 4.67. The zero-order valence-electron chi connectivity index (χ0n) is 19.3. The van der Waals surface area contributed by atoms with E-state index in [1.54, 1.807) is 4.90 Å². The molecule has 0 atom stereocenters. The van der Waals surface area contributed by atoms with Gasteiger partial charge in [-0.3, -0.25) is 9.59 Å². The van der Waals surface area contributed by atoms with Crippen molar-refractivity contribution in [3.8, 4) is 0 Å². The number of carbonyl (C=O) groups is 2. The molecule has 2 saturated heterocycles. The number of Topliss-reactive ketones (excluding diaryl/α,β-unsaturated/α-hetero) is 1. The average Bonchev–Trinajstić information content (AvgIpc) is 2.80. The molecule has 2 aliphatic heterocycles. The van der Waals surface area contributed by atoms with Crippen molar-refractivity contribution in [2.75, 3.05) is 26.3 Å². The molecule has 0 saturated carbocycles. The molecule has 2 N–H and O–H groups in total. The second kappa shape index (κ2) is 10.9. The van der Waals surface area contributed by atoms with E-state index >= 15 is 0 Å². The van der Waals surface area contributed by atoms with Crippen LogP contribution in [-0.2, 0) is 21.9 Å². The summed E-state index contributed by atoms with van der Waals surface area (Å²) in [6, 6.07) is 0.975. The predicted octanol–water partition coefficient (Wildman–Crippen LogP) is 5.21. The number of benzene rings is 1. The number of ketones is 1. The number of ether oxygens (including phenoxy) is 1. The van der Waals surface area contributed by atoms with Crippen molar-refractivity contribution >= 4 is 11.7 Å². The van der Waals surface area contributed by atoms with Crippen LogP contribution in [0.3, 0.4) is 0 Å². The van der Waals surface area contributed by atoms with E-state index in [0.29, 0.717) is 70.0 Å². The van der Waals surface area contributed by atoms with Crippen molar-refractivity contribution < 1.29 is 40.7 Å². The first-order chi connectivity index (χ1) is 16.3. The Kier molecular flexibility index (Phi) is 8.52. The number of unbranched alkanes of at least 4 members (excludes halogenated alkanes) is 1. The van der Waals surface area contributed by atoms with Gasteiger partial charge < -0.3 is 15.4 Å². The van der Waals surface area contributed by atoms with Gasteiger partial charge >= 0.3 is 12.4 Å². The van der Waals surface area contributed by atoms with Gasteiger partial charge in [0.1, 0.15) is 0 Å². The lowest BCUT2D eigenvalue weighted by Gasteiger charge is -2.40. The third kappa shape index (κ3) is 7.19. The van der Waals surface area contributed by atoms with Crippen LogP contribution >= 0.6 is 0 Å². The van der Waals surface area contributed by atoms with Crippen LogP contribution in [0.15, 0.2) is 18.2 Å². The Labute approximate surface area is 200 Å². The zero-order chi connectivity index (χ0) is 25.9. The number of piperidine rings is 1. The highest BCUT2D eigenvalue weighted by Gasteiger charge is 2.40. The first-order valence-electron chi connectivity index (χ1n) is 11.8. The van der Waals surface area contributed by atoms with E-state index in [1.165, 1.54) is 0 Å². The fraction of sp³-hybridized carbons (Fsp3) is 0.667. The van der Waals surface area contributed by atoms with Crippen molar-refractivity contribution in [2.24, 2.45) is 11.7 Å². The van der Waals surface area contributed by atoms with Gasteiger partial charge in [0.25, 0.3) is 0 Å². The van der Waals surface area contributed by atoms with Crippen LogP contribution in [0.2, 0.25) is 0 Å². The topological polar surface area (TPSA) is 72.6 Å². The van der Waals surface area contributed by atoms with Gasteiger partial charge in [0.15, 0.2) is 5.78 Å². The first-order valence-corrected chi connectivity index (χ1v) is 11.8. The summed E-state index contributed by atoms with van der Waals surface area (Å²) in [5, 5.41) is 0. The van der Waals surface area contributed by atoms with Crippen LogP contribution in [-0.4, -0.2) is 48.4 Å². The van der Waals surface area contributed by atoms with Gasteiger partial charge in [-0.2, -0.15) is 26.3 Å². The summed E-state index contributed by atoms with van der Waals surface area (Å²) < 4.78 is 83.3. The maximum absolute atomic E-state index is 13.0. The molecule has 1 aromatic rings. The normalized spacial score (nSPS) is 19.6. The molecular formula is C24H30F6N2O3. The summed E-state index contributed by atoms with van der Waals surface area (Å²) in [7, 11) is 0. The number of rotatable bonds is 7. The Morgan fingerprint density at radius 2 is 1.49 bits per heavy atom. The molecule has 0 unspecified atom stereocenters. The molecule has 2 heterocycles. The van der Waals surface area contributed by atoms with Crippen molar-refractivity contribution in [3.05, 3.63) is 34.9 Å². The molecule has 1 aromatic carbocycles. The van der Waals surface area contributed by atoms with Crippen molar-refractivity contribution in [2.45, 2.75) is 69.3 Å². The lowest BCUT2D eigenvalue weighted by Crippen LogP contribution is -2.59. The minimum absolute atomic E-state index is 0.0163. The minimum atomic E-state index is -4.99. The van der Waals surface area contributed by atoms with Crippen LogP contribution in [0, 0.1) is 5.92 Å². The Hall–Kier alpha value is -2.14. The van der Waals surface area contributed by atoms with Crippen molar-refractivity contribution in [1.82, 2.24) is 4.90 Å². The third-order valence-electron chi connectivity index (χ3n) is 6.89. The number of alkyl halides is 6. The van der Waals surface area contributed by atoms with Crippen LogP contribution in [0.25, 0.3) is 0 Å². The van der Waals surface area contributed by atoms with E-state index in [4.69, 9.17) is 10.5 Å². The molecule has 11 heteroatoms. The zero-order valence-corrected chi connectivity index (χ0v) is 19.3. The quantitative estimate of drug-likeness (QED) is 0.312. The monoisotopic (exact) mass is 508 g/mol. The van der Waals surface area contributed by atoms with E-state index in [-0.39, 0.29) is 18.4 Å².